The fourth-order valence-electron chi connectivity index (χ4n) is 2.39. The summed E-state index contributed by atoms with van der Waals surface area (Å²) in [7, 11) is 0. The van der Waals surface area contributed by atoms with Crippen molar-refractivity contribution < 1.29 is 9.90 Å². The third-order valence-corrected chi connectivity index (χ3v) is 3.32. The number of carbonyl (C=O) groups is 1. The second kappa shape index (κ2) is 5.21. The second-order valence-corrected chi connectivity index (χ2v) is 4.59. The minimum atomic E-state index is -0.835. The van der Waals surface area contributed by atoms with Crippen LogP contribution >= 0.6 is 0 Å². The van der Waals surface area contributed by atoms with Gasteiger partial charge in [0, 0.05) is 18.8 Å². The van der Waals surface area contributed by atoms with Gasteiger partial charge in [-0.1, -0.05) is 13.3 Å². The third-order valence-electron chi connectivity index (χ3n) is 3.32. The van der Waals surface area contributed by atoms with Gasteiger partial charge in [-0.05, 0) is 43.0 Å². The summed E-state index contributed by atoms with van der Waals surface area (Å²) in [6.45, 7) is 4.37. The Labute approximate surface area is 102 Å². The number of hydrogen-bond donors (Lipinski definition) is 1. The molecule has 1 aliphatic rings. The molecule has 0 fully saturated rings. The molecule has 0 saturated carbocycles. The number of carboxylic acids is 1. The zero-order valence-electron chi connectivity index (χ0n) is 10.3. The molecule has 3 heteroatoms. The van der Waals surface area contributed by atoms with E-state index in [1.807, 2.05) is 12.1 Å². The summed E-state index contributed by atoms with van der Waals surface area (Å²) < 4.78 is 0. The number of carboxylic acid groups (broad SMARTS) is 1. The van der Waals surface area contributed by atoms with Crippen molar-refractivity contribution in [1.29, 1.82) is 0 Å². The van der Waals surface area contributed by atoms with Crippen LogP contribution < -0.4 is 4.90 Å². The van der Waals surface area contributed by atoms with Gasteiger partial charge in [0.15, 0.2) is 0 Å². The molecule has 1 aromatic rings. The SMILES string of the molecule is CCCCN1CCCc2cc(C(=O)O)ccc21. The number of rotatable bonds is 4. The molecule has 3 nitrogen and oxygen atoms in total. The fraction of sp³-hybridized carbons (Fsp3) is 0.500. The van der Waals surface area contributed by atoms with Gasteiger partial charge in [-0.25, -0.2) is 4.79 Å². The van der Waals surface area contributed by atoms with Crippen molar-refractivity contribution in [3.05, 3.63) is 29.3 Å². The topological polar surface area (TPSA) is 40.5 Å². The van der Waals surface area contributed by atoms with E-state index < -0.39 is 5.97 Å². The quantitative estimate of drug-likeness (QED) is 0.869. The normalized spacial score (nSPS) is 14.5. The van der Waals surface area contributed by atoms with Gasteiger partial charge < -0.3 is 10.0 Å². The highest BCUT2D eigenvalue weighted by atomic mass is 16.4. The van der Waals surface area contributed by atoms with E-state index >= 15 is 0 Å². The highest BCUT2D eigenvalue weighted by Crippen LogP contribution is 2.28. The van der Waals surface area contributed by atoms with Crippen molar-refractivity contribution in [2.24, 2.45) is 0 Å². The summed E-state index contributed by atoms with van der Waals surface area (Å²) in [5.41, 5.74) is 2.82. The maximum atomic E-state index is 10.9. The number of aromatic carboxylic acids is 1. The summed E-state index contributed by atoms with van der Waals surface area (Å²) in [5.74, 6) is -0.835. The van der Waals surface area contributed by atoms with Crippen molar-refractivity contribution in [2.45, 2.75) is 32.6 Å². The first kappa shape index (κ1) is 12.0. The largest absolute Gasteiger partial charge is 0.478 e. The number of anilines is 1. The maximum Gasteiger partial charge on any atom is 0.335 e. The third kappa shape index (κ3) is 2.60. The first-order valence-electron chi connectivity index (χ1n) is 6.33. The number of benzene rings is 1. The van der Waals surface area contributed by atoms with Gasteiger partial charge in [0.1, 0.15) is 0 Å². The predicted octanol–water partition coefficient (Wildman–Crippen LogP) is 2.94. The van der Waals surface area contributed by atoms with E-state index in [-0.39, 0.29) is 0 Å². The van der Waals surface area contributed by atoms with E-state index in [0.717, 1.165) is 25.9 Å². The van der Waals surface area contributed by atoms with Crippen molar-refractivity contribution in [1.82, 2.24) is 0 Å². The van der Waals surface area contributed by atoms with Crippen LogP contribution in [0.3, 0.4) is 0 Å². The zero-order chi connectivity index (χ0) is 12.3. The number of fused-ring (bicyclic) bond motifs is 1. The molecule has 2 rings (SSSR count). The average molecular weight is 233 g/mol. The van der Waals surface area contributed by atoms with Gasteiger partial charge in [0.2, 0.25) is 0 Å². The number of hydrogen-bond acceptors (Lipinski definition) is 2. The molecular weight excluding hydrogens is 214 g/mol. The lowest BCUT2D eigenvalue weighted by molar-refractivity contribution is 0.0697. The molecule has 1 aromatic carbocycles. The predicted molar refractivity (Wildman–Crippen MR) is 68.8 cm³/mol. The van der Waals surface area contributed by atoms with E-state index in [2.05, 4.69) is 11.8 Å². The lowest BCUT2D eigenvalue weighted by Crippen LogP contribution is -2.30. The monoisotopic (exact) mass is 233 g/mol. The van der Waals surface area contributed by atoms with Crippen molar-refractivity contribution in [3.8, 4) is 0 Å². The van der Waals surface area contributed by atoms with Crippen LogP contribution in [-0.2, 0) is 6.42 Å². The van der Waals surface area contributed by atoms with E-state index in [9.17, 15) is 4.79 Å². The minimum absolute atomic E-state index is 0.404. The Morgan fingerprint density at radius 1 is 1.47 bits per heavy atom. The number of aryl methyl sites for hydroxylation is 1. The van der Waals surface area contributed by atoms with E-state index in [4.69, 9.17) is 5.11 Å². The number of unbranched alkanes of at least 4 members (excludes halogenated alkanes) is 1. The molecular formula is C14H19NO2. The smallest absolute Gasteiger partial charge is 0.335 e. The molecule has 0 unspecified atom stereocenters. The fourth-order valence-corrected chi connectivity index (χ4v) is 2.39. The molecule has 0 bridgehead atoms. The summed E-state index contributed by atoms with van der Waals surface area (Å²) in [6, 6.07) is 5.51. The molecule has 0 aromatic heterocycles. The van der Waals surface area contributed by atoms with Crippen molar-refractivity contribution in [3.63, 3.8) is 0 Å². The van der Waals surface area contributed by atoms with Crippen LogP contribution in [0.1, 0.15) is 42.1 Å². The number of nitrogens with zero attached hydrogens (tertiary/aromatic N) is 1. The van der Waals surface area contributed by atoms with Gasteiger partial charge in [-0.2, -0.15) is 0 Å². The minimum Gasteiger partial charge on any atom is -0.478 e. The van der Waals surface area contributed by atoms with E-state index in [0.29, 0.717) is 5.56 Å². The molecule has 17 heavy (non-hydrogen) atoms. The lowest BCUT2D eigenvalue weighted by atomic mass is 9.99. The van der Waals surface area contributed by atoms with Gasteiger partial charge in [0.25, 0.3) is 0 Å². The highest BCUT2D eigenvalue weighted by molar-refractivity contribution is 5.88. The lowest BCUT2D eigenvalue weighted by Gasteiger charge is -2.31. The van der Waals surface area contributed by atoms with E-state index in [1.165, 1.54) is 24.1 Å². The van der Waals surface area contributed by atoms with Gasteiger partial charge >= 0.3 is 5.97 Å². The summed E-state index contributed by atoms with van der Waals surface area (Å²) >= 11 is 0. The summed E-state index contributed by atoms with van der Waals surface area (Å²) in [4.78, 5) is 13.3. The maximum absolute atomic E-state index is 10.9. The Bertz CT molecular complexity index is 415. The van der Waals surface area contributed by atoms with Gasteiger partial charge in [-0.3, -0.25) is 0 Å². The Morgan fingerprint density at radius 3 is 3.00 bits per heavy atom. The highest BCUT2D eigenvalue weighted by Gasteiger charge is 2.17. The second-order valence-electron chi connectivity index (χ2n) is 4.59. The first-order chi connectivity index (χ1) is 8.22. The van der Waals surface area contributed by atoms with Gasteiger partial charge in [-0.15, -0.1) is 0 Å². The Kier molecular flexibility index (Phi) is 3.67. The Morgan fingerprint density at radius 2 is 2.29 bits per heavy atom. The standard InChI is InChI=1S/C14H19NO2/c1-2-3-8-15-9-4-5-11-10-12(14(16)17)6-7-13(11)15/h6-7,10H,2-5,8-9H2,1H3,(H,16,17). The molecule has 1 N–H and O–H groups in total. The van der Waals surface area contributed by atoms with Crippen molar-refractivity contribution >= 4 is 11.7 Å². The Balaban J connectivity index is 2.23. The molecule has 0 atom stereocenters. The van der Waals surface area contributed by atoms with Crippen LogP contribution in [0.25, 0.3) is 0 Å². The average Bonchev–Trinajstić information content (AvgIpc) is 2.35. The summed E-state index contributed by atoms with van der Waals surface area (Å²) in [5, 5.41) is 8.98. The molecule has 0 aliphatic carbocycles. The molecule has 92 valence electrons. The zero-order valence-corrected chi connectivity index (χ0v) is 10.3. The molecule has 0 radical (unpaired) electrons. The van der Waals surface area contributed by atoms with E-state index in [1.54, 1.807) is 6.07 Å². The van der Waals surface area contributed by atoms with Crippen LogP contribution in [0.15, 0.2) is 18.2 Å². The van der Waals surface area contributed by atoms with Crippen LogP contribution in [0, 0.1) is 0 Å². The molecule has 1 aliphatic heterocycles. The van der Waals surface area contributed by atoms with Crippen molar-refractivity contribution in [2.75, 3.05) is 18.0 Å². The molecule has 0 spiro atoms. The molecule has 0 saturated heterocycles. The molecule has 1 heterocycles. The van der Waals surface area contributed by atoms with Gasteiger partial charge in [0.05, 0.1) is 5.56 Å². The van der Waals surface area contributed by atoms with Crippen LogP contribution in [0.5, 0.6) is 0 Å². The van der Waals surface area contributed by atoms with Crippen LogP contribution in [0.4, 0.5) is 5.69 Å². The summed E-state index contributed by atoms with van der Waals surface area (Å²) in [6.07, 6.45) is 4.51. The van der Waals surface area contributed by atoms with Crippen LogP contribution in [0.2, 0.25) is 0 Å². The first-order valence-corrected chi connectivity index (χ1v) is 6.33. The Hall–Kier alpha value is -1.51. The van der Waals surface area contributed by atoms with Crippen LogP contribution in [-0.4, -0.2) is 24.2 Å². The molecule has 0 amide bonds.